The first kappa shape index (κ1) is 10.7. The molecule has 1 unspecified atom stereocenters. The summed E-state index contributed by atoms with van der Waals surface area (Å²) in [6.45, 7) is 3.77. The molecule has 1 amide bonds. The molecule has 0 radical (unpaired) electrons. The Hall–Kier alpha value is -1.76. The van der Waals surface area contributed by atoms with E-state index in [1.807, 2.05) is 0 Å². The van der Waals surface area contributed by atoms with E-state index in [0.29, 0.717) is 22.7 Å². The Bertz CT molecular complexity index is 455. The van der Waals surface area contributed by atoms with Gasteiger partial charge in [0, 0.05) is 17.1 Å². The summed E-state index contributed by atoms with van der Waals surface area (Å²) in [5.74, 6) is -0.207. The smallest absolute Gasteiger partial charge is 0.295 e. The zero-order valence-corrected chi connectivity index (χ0v) is 9.52. The summed E-state index contributed by atoms with van der Waals surface area (Å²) in [5.41, 5.74) is 1.29. The molecule has 84 valence electrons. The monoisotopic (exact) mass is 239 g/mol. The van der Waals surface area contributed by atoms with Crippen LogP contribution in [0.4, 0.5) is 5.13 Å². The summed E-state index contributed by atoms with van der Waals surface area (Å²) in [6, 6.07) is 0. The molecule has 1 aliphatic heterocycles. The lowest BCUT2D eigenvalue weighted by molar-refractivity contribution is -0.132. The molecule has 2 rings (SSSR count). The fourth-order valence-corrected chi connectivity index (χ4v) is 2.06. The molecule has 2 heterocycles. The van der Waals surface area contributed by atoms with Crippen LogP contribution in [0.5, 0.6) is 0 Å². The average Bonchev–Trinajstić information content (AvgIpc) is 2.85. The van der Waals surface area contributed by atoms with Gasteiger partial charge in [0.05, 0.1) is 0 Å². The van der Waals surface area contributed by atoms with Gasteiger partial charge < -0.3 is 4.74 Å². The van der Waals surface area contributed by atoms with Crippen LogP contribution in [0.3, 0.4) is 0 Å². The standard InChI is InChI=1S/C9H9N3O3S/c1-5-6(2)8(15-4-13)12(7(5)14)9-10-3-11-16-9/h3-4,8H,1-2H3. The second-order valence-corrected chi connectivity index (χ2v) is 4.05. The Morgan fingerprint density at radius 1 is 1.56 bits per heavy atom. The van der Waals surface area contributed by atoms with Gasteiger partial charge in [0.15, 0.2) is 0 Å². The van der Waals surface area contributed by atoms with Crippen molar-refractivity contribution >= 4 is 29.0 Å². The van der Waals surface area contributed by atoms with Gasteiger partial charge in [-0.15, -0.1) is 0 Å². The van der Waals surface area contributed by atoms with Crippen molar-refractivity contribution in [3.05, 3.63) is 17.5 Å². The maximum Gasteiger partial charge on any atom is 0.295 e. The fourth-order valence-electron chi connectivity index (χ4n) is 1.51. The van der Waals surface area contributed by atoms with Crippen molar-refractivity contribution in [2.24, 2.45) is 0 Å². The molecule has 1 aliphatic rings. The first-order valence-corrected chi connectivity index (χ1v) is 5.31. The fraction of sp³-hybridized carbons (Fsp3) is 0.333. The zero-order valence-electron chi connectivity index (χ0n) is 8.71. The maximum absolute atomic E-state index is 11.9. The lowest BCUT2D eigenvalue weighted by Crippen LogP contribution is -2.37. The summed E-state index contributed by atoms with van der Waals surface area (Å²) >= 11 is 1.08. The molecule has 0 saturated carbocycles. The van der Waals surface area contributed by atoms with Crippen molar-refractivity contribution in [3.8, 4) is 0 Å². The first-order chi connectivity index (χ1) is 7.66. The second kappa shape index (κ2) is 4.01. The predicted octanol–water partition coefficient (Wildman–Crippen LogP) is 0.720. The van der Waals surface area contributed by atoms with Gasteiger partial charge in [-0.2, -0.15) is 4.37 Å². The molecule has 1 atom stereocenters. The Labute approximate surface area is 95.7 Å². The molecule has 0 saturated heterocycles. The first-order valence-electron chi connectivity index (χ1n) is 4.53. The largest absolute Gasteiger partial charge is 0.439 e. The van der Waals surface area contributed by atoms with Crippen molar-refractivity contribution in [1.82, 2.24) is 9.36 Å². The van der Waals surface area contributed by atoms with E-state index in [1.54, 1.807) is 13.8 Å². The minimum absolute atomic E-state index is 0.207. The van der Waals surface area contributed by atoms with E-state index in [2.05, 4.69) is 9.36 Å². The number of aromatic nitrogens is 2. The number of ether oxygens (including phenoxy) is 1. The van der Waals surface area contributed by atoms with Gasteiger partial charge in [-0.25, -0.2) is 9.88 Å². The topological polar surface area (TPSA) is 72.4 Å². The van der Waals surface area contributed by atoms with E-state index in [0.717, 1.165) is 11.5 Å². The number of anilines is 1. The third kappa shape index (κ3) is 1.49. The third-order valence-electron chi connectivity index (χ3n) is 2.48. The van der Waals surface area contributed by atoms with Crippen molar-refractivity contribution in [3.63, 3.8) is 0 Å². The van der Waals surface area contributed by atoms with Crippen LogP contribution in [-0.2, 0) is 14.3 Å². The molecule has 16 heavy (non-hydrogen) atoms. The highest BCUT2D eigenvalue weighted by atomic mass is 32.1. The van der Waals surface area contributed by atoms with Crippen LogP contribution in [0.1, 0.15) is 13.8 Å². The molecule has 0 fully saturated rings. The van der Waals surface area contributed by atoms with E-state index in [1.165, 1.54) is 11.2 Å². The molecule has 0 aliphatic carbocycles. The maximum atomic E-state index is 11.9. The molecule has 6 nitrogen and oxygen atoms in total. The molecule has 1 aromatic heterocycles. The number of hydrogen-bond acceptors (Lipinski definition) is 6. The van der Waals surface area contributed by atoms with Crippen LogP contribution in [-0.4, -0.2) is 28.0 Å². The molecule has 7 heteroatoms. The number of hydrogen-bond donors (Lipinski definition) is 0. The van der Waals surface area contributed by atoms with Gasteiger partial charge in [0.1, 0.15) is 6.33 Å². The highest BCUT2D eigenvalue weighted by Gasteiger charge is 2.38. The normalized spacial score (nSPS) is 20.5. The molecule has 1 aromatic rings. The SMILES string of the molecule is CC1=C(C)C(OC=O)N(c2ncns2)C1=O. The zero-order chi connectivity index (χ0) is 11.7. The Morgan fingerprint density at radius 2 is 2.31 bits per heavy atom. The van der Waals surface area contributed by atoms with Crippen LogP contribution in [0.2, 0.25) is 0 Å². The summed E-state index contributed by atoms with van der Waals surface area (Å²) in [4.78, 5) is 27.6. The van der Waals surface area contributed by atoms with Crippen LogP contribution in [0, 0.1) is 0 Å². The van der Waals surface area contributed by atoms with E-state index in [-0.39, 0.29) is 5.91 Å². The van der Waals surface area contributed by atoms with Crippen LogP contribution >= 0.6 is 11.5 Å². The number of nitrogens with zero attached hydrogens (tertiary/aromatic N) is 3. The third-order valence-corrected chi connectivity index (χ3v) is 3.14. The molecule has 0 aromatic carbocycles. The molecular formula is C9H9N3O3S. The number of rotatable bonds is 3. The average molecular weight is 239 g/mol. The number of carbonyl (C=O) groups excluding carboxylic acids is 2. The quantitative estimate of drug-likeness (QED) is 0.727. The summed E-state index contributed by atoms with van der Waals surface area (Å²) in [5, 5.41) is 0.424. The van der Waals surface area contributed by atoms with Gasteiger partial charge in [0.2, 0.25) is 11.4 Å². The van der Waals surface area contributed by atoms with Crippen LogP contribution in [0.25, 0.3) is 0 Å². The lowest BCUT2D eigenvalue weighted by atomic mass is 10.2. The van der Waals surface area contributed by atoms with Gasteiger partial charge in [-0.1, -0.05) is 0 Å². The minimum atomic E-state index is -0.696. The van der Waals surface area contributed by atoms with Crippen molar-refractivity contribution < 1.29 is 14.3 Å². The molecule has 0 spiro atoms. The summed E-state index contributed by atoms with van der Waals surface area (Å²) in [6.07, 6.45) is 0.659. The molecule has 0 N–H and O–H groups in total. The lowest BCUT2D eigenvalue weighted by Gasteiger charge is -2.21. The molecule has 0 bridgehead atoms. The van der Waals surface area contributed by atoms with Crippen molar-refractivity contribution in [1.29, 1.82) is 0 Å². The Balaban J connectivity index is 2.39. The van der Waals surface area contributed by atoms with Crippen LogP contribution in [0.15, 0.2) is 17.5 Å². The van der Waals surface area contributed by atoms with Gasteiger partial charge in [0.25, 0.3) is 12.4 Å². The van der Waals surface area contributed by atoms with Crippen molar-refractivity contribution in [2.45, 2.75) is 20.1 Å². The summed E-state index contributed by atoms with van der Waals surface area (Å²) < 4.78 is 8.72. The predicted molar refractivity (Wildman–Crippen MR) is 56.7 cm³/mol. The van der Waals surface area contributed by atoms with E-state index in [9.17, 15) is 9.59 Å². The second-order valence-electron chi connectivity index (χ2n) is 3.29. The Morgan fingerprint density at radius 3 is 2.88 bits per heavy atom. The van der Waals surface area contributed by atoms with Crippen LogP contribution < -0.4 is 4.90 Å². The van der Waals surface area contributed by atoms with E-state index >= 15 is 0 Å². The Kier molecular flexibility index (Phi) is 2.69. The highest BCUT2D eigenvalue weighted by molar-refractivity contribution is 7.09. The summed E-state index contributed by atoms with van der Waals surface area (Å²) in [7, 11) is 0. The number of amides is 1. The molecular weight excluding hydrogens is 230 g/mol. The minimum Gasteiger partial charge on any atom is -0.439 e. The van der Waals surface area contributed by atoms with E-state index < -0.39 is 6.23 Å². The van der Waals surface area contributed by atoms with Gasteiger partial charge in [-0.05, 0) is 19.4 Å². The number of carbonyl (C=O) groups is 2. The van der Waals surface area contributed by atoms with Crippen molar-refractivity contribution in [2.75, 3.05) is 4.90 Å². The highest BCUT2D eigenvalue weighted by Crippen LogP contribution is 2.31. The van der Waals surface area contributed by atoms with Gasteiger partial charge >= 0.3 is 0 Å². The van der Waals surface area contributed by atoms with Gasteiger partial charge in [-0.3, -0.25) is 9.59 Å². The van der Waals surface area contributed by atoms with E-state index in [4.69, 9.17) is 4.74 Å².